The summed E-state index contributed by atoms with van der Waals surface area (Å²) in [7, 11) is 0. The largest absolute Gasteiger partial charge is 0.307 e. The van der Waals surface area contributed by atoms with Crippen molar-refractivity contribution in [3.05, 3.63) is 69.2 Å². The second-order valence-corrected chi connectivity index (χ2v) is 6.77. The first kappa shape index (κ1) is 16.5. The standard InChI is InChI=1S/C18H21BrClN/c1-3-18(15-7-9-16(19)10-8-15)21-13(2)11-14-5-4-6-17(20)12-14/h4-10,12-13,18,21H,3,11H2,1-2H3. The molecule has 0 saturated carbocycles. The highest BCUT2D eigenvalue weighted by Gasteiger charge is 2.13. The molecule has 0 amide bonds. The summed E-state index contributed by atoms with van der Waals surface area (Å²) in [5.41, 5.74) is 2.60. The van der Waals surface area contributed by atoms with Gasteiger partial charge in [-0.15, -0.1) is 0 Å². The first-order valence-electron chi connectivity index (χ1n) is 7.34. The summed E-state index contributed by atoms with van der Waals surface area (Å²) in [6, 6.07) is 17.4. The van der Waals surface area contributed by atoms with Gasteiger partial charge in [-0.25, -0.2) is 0 Å². The average Bonchev–Trinajstić information content (AvgIpc) is 2.46. The third-order valence-electron chi connectivity index (χ3n) is 3.60. The third-order valence-corrected chi connectivity index (χ3v) is 4.36. The predicted molar refractivity (Wildman–Crippen MR) is 94.9 cm³/mol. The molecule has 2 atom stereocenters. The molecular weight excluding hydrogens is 346 g/mol. The van der Waals surface area contributed by atoms with Crippen LogP contribution in [-0.2, 0) is 6.42 Å². The van der Waals surface area contributed by atoms with Crippen LogP contribution in [0.1, 0.15) is 37.4 Å². The van der Waals surface area contributed by atoms with E-state index in [2.05, 4.69) is 65.4 Å². The Morgan fingerprint density at radius 2 is 1.86 bits per heavy atom. The number of hydrogen-bond donors (Lipinski definition) is 1. The Labute approximate surface area is 140 Å². The van der Waals surface area contributed by atoms with Crippen LogP contribution in [0, 0.1) is 0 Å². The van der Waals surface area contributed by atoms with Crippen LogP contribution in [0.15, 0.2) is 53.0 Å². The molecule has 0 saturated heterocycles. The molecule has 2 unspecified atom stereocenters. The van der Waals surface area contributed by atoms with Crippen LogP contribution >= 0.6 is 27.5 Å². The lowest BCUT2D eigenvalue weighted by atomic mass is 10.0. The summed E-state index contributed by atoms with van der Waals surface area (Å²) in [6.07, 6.45) is 2.05. The van der Waals surface area contributed by atoms with Crippen molar-refractivity contribution in [1.82, 2.24) is 5.32 Å². The zero-order chi connectivity index (χ0) is 15.2. The van der Waals surface area contributed by atoms with Crippen molar-refractivity contribution >= 4 is 27.5 Å². The second-order valence-electron chi connectivity index (χ2n) is 5.41. The van der Waals surface area contributed by atoms with Gasteiger partial charge < -0.3 is 5.32 Å². The fraction of sp³-hybridized carbons (Fsp3) is 0.333. The van der Waals surface area contributed by atoms with Crippen molar-refractivity contribution in [3.8, 4) is 0 Å². The molecule has 0 radical (unpaired) electrons. The zero-order valence-electron chi connectivity index (χ0n) is 12.4. The van der Waals surface area contributed by atoms with Gasteiger partial charge in [-0.05, 0) is 55.2 Å². The van der Waals surface area contributed by atoms with Gasteiger partial charge in [0.25, 0.3) is 0 Å². The molecule has 0 heterocycles. The van der Waals surface area contributed by atoms with Gasteiger partial charge in [-0.2, -0.15) is 0 Å². The number of nitrogens with one attached hydrogen (secondary N) is 1. The monoisotopic (exact) mass is 365 g/mol. The van der Waals surface area contributed by atoms with Crippen LogP contribution in [0.25, 0.3) is 0 Å². The van der Waals surface area contributed by atoms with Gasteiger partial charge in [0.05, 0.1) is 0 Å². The molecule has 0 fully saturated rings. The minimum atomic E-state index is 0.382. The fourth-order valence-electron chi connectivity index (χ4n) is 2.56. The number of hydrogen-bond acceptors (Lipinski definition) is 1. The number of rotatable bonds is 6. The molecule has 1 nitrogen and oxygen atoms in total. The van der Waals surface area contributed by atoms with Crippen LogP contribution in [-0.4, -0.2) is 6.04 Å². The average molecular weight is 367 g/mol. The molecule has 2 aromatic rings. The van der Waals surface area contributed by atoms with Crippen molar-refractivity contribution in [2.75, 3.05) is 0 Å². The number of halogens is 2. The Morgan fingerprint density at radius 3 is 2.48 bits per heavy atom. The summed E-state index contributed by atoms with van der Waals surface area (Å²) in [4.78, 5) is 0. The van der Waals surface area contributed by atoms with Crippen LogP contribution in [0.4, 0.5) is 0 Å². The topological polar surface area (TPSA) is 12.0 Å². The van der Waals surface area contributed by atoms with E-state index in [1.54, 1.807) is 0 Å². The molecule has 0 bridgehead atoms. The maximum atomic E-state index is 6.05. The van der Waals surface area contributed by atoms with Crippen molar-refractivity contribution in [2.24, 2.45) is 0 Å². The SMILES string of the molecule is CCC(NC(C)Cc1cccc(Cl)c1)c1ccc(Br)cc1. The highest BCUT2D eigenvalue weighted by molar-refractivity contribution is 9.10. The molecule has 0 aliphatic rings. The van der Waals surface area contributed by atoms with Crippen molar-refractivity contribution in [1.29, 1.82) is 0 Å². The molecule has 21 heavy (non-hydrogen) atoms. The van der Waals surface area contributed by atoms with Gasteiger partial charge in [-0.3, -0.25) is 0 Å². The molecule has 1 N–H and O–H groups in total. The summed E-state index contributed by atoms with van der Waals surface area (Å²) in [5.74, 6) is 0. The highest BCUT2D eigenvalue weighted by atomic mass is 79.9. The Hall–Kier alpha value is -0.830. The lowest BCUT2D eigenvalue weighted by Crippen LogP contribution is -2.31. The van der Waals surface area contributed by atoms with Gasteiger partial charge in [0, 0.05) is 21.6 Å². The fourth-order valence-corrected chi connectivity index (χ4v) is 3.04. The molecule has 0 spiro atoms. The summed E-state index contributed by atoms with van der Waals surface area (Å²) >= 11 is 9.53. The minimum Gasteiger partial charge on any atom is -0.307 e. The summed E-state index contributed by atoms with van der Waals surface area (Å²) < 4.78 is 1.12. The Kier molecular flexibility index (Phi) is 6.28. The van der Waals surface area contributed by atoms with Crippen LogP contribution in [0.2, 0.25) is 5.02 Å². The van der Waals surface area contributed by atoms with E-state index < -0.39 is 0 Å². The van der Waals surface area contributed by atoms with E-state index in [-0.39, 0.29) is 0 Å². The van der Waals surface area contributed by atoms with Gasteiger partial charge in [-0.1, -0.05) is 58.7 Å². The van der Waals surface area contributed by atoms with Crippen LogP contribution < -0.4 is 5.32 Å². The second kappa shape index (κ2) is 7.98. The third kappa shape index (κ3) is 5.14. The van der Waals surface area contributed by atoms with Crippen LogP contribution in [0.5, 0.6) is 0 Å². The first-order valence-corrected chi connectivity index (χ1v) is 8.51. The van der Waals surface area contributed by atoms with E-state index in [1.165, 1.54) is 11.1 Å². The molecule has 112 valence electrons. The maximum Gasteiger partial charge on any atom is 0.0408 e. The Balaban J connectivity index is 1.99. The van der Waals surface area contributed by atoms with E-state index in [0.29, 0.717) is 12.1 Å². The summed E-state index contributed by atoms with van der Waals surface area (Å²) in [6.45, 7) is 4.44. The molecular formula is C18H21BrClN. The van der Waals surface area contributed by atoms with Crippen molar-refractivity contribution in [3.63, 3.8) is 0 Å². The van der Waals surface area contributed by atoms with Crippen LogP contribution in [0.3, 0.4) is 0 Å². The van der Waals surface area contributed by atoms with E-state index in [1.807, 2.05) is 18.2 Å². The maximum absolute atomic E-state index is 6.05. The van der Waals surface area contributed by atoms with Crippen molar-refractivity contribution < 1.29 is 0 Å². The molecule has 0 aliphatic heterocycles. The lowest BCUT2D eigenvalue weighted by molar-refractivity contribution is 0.443. The molecule has 3 heteroatoms. The first-order chi connectivity index (χ1) is 10.1. The van der Waals surface area contributed by atoms with E-state index in [9.17, 15) is 0 Å². The highest BCUT2D eigenvalue weighted by Crippen LogP contribution is 2.21. The van der Waals surface area contributed by atoms with Gasteiger partial charge in [0.1, 0.15) is 0 Å². The Morgan fingerprint density at radius 1 is 1.14 bits per heavy atom. The lowest BCUT2D eigenvalue weighted by Gasteiger charge is -2.23. The molecule has 2 rings (SSSR count). The van der Waals surface area contributed by atoms with Gasteiger partial charge in [0.15, 0.2) is 0 Å². The van der Waals surface area contributed by atoms with Crippen molar-refractivity contribution in [2.45, 2.75) is 38.8 Å². The van der Waals surface area contributed by atoms with E-state index in [0.717, 1.165) is 22.3 Å². The van der Waals surface area contributed by atoms with Gasteiger partial charge in [0.2, 0.25) is 0 Å². The minimum absolute atomic E-state index is 0.382. The quantitative estimate of drug-likeness (QED) is 0.684. The molecule has 0 aliphatic carbocycles. The predicted octanol–water partition coefficient (Wildman–Crippen LogP) is 5.77. The smallest absolute Gasteiger partial charge is 0.0408 e. The summed E-state index contributed by atoms with van der Waals surface area (Å²) in [5, 5.41) is 4.52. The normalized spacial score (nSPS) is 13.9. The van der Waals surface area contributed by atoms with Gasteiger partial charge >= 0.3 is 0 Å². The van der Waals surface area contributed by atoms with E-state index >= 15 is 0 Å². The number of benzene rings is 2. The molecule has 2 aromatic carbocycles. The zero-order valence-corrected chi connectivity index (χ0v) is 14.8. The Bertz CT molecular complexity index is 568. The molecule has 0 aromatic heterocycles. The van der Waals surface area contributed by atoms with E-state index in [4.69, 9.17) is 11.6 Å².